The Bertz CT molecular complexity index is 371. The van der Waals surface area contributed by atoms with Gasteiger partial charge in [-0.3, -0.25) is 4.79 Å². The minimum absolute atomic E-state index is 0.214. The van der Waals surface area contributed by atoms with Gasteiger partial charge in [0, 0.05) is 4.75 Å². The number of carboxylic acids is 1. The molecular weight excluding hydrogens is 412 g/mol. The smallest absolute Gasteiger partial charge is 0.304 e. The Kier molecular flexibility index (Phi) is 23.8. The van der Waals surface area contributed by atoms with Crippen LogP contribution in [0.5, 0.6) is 0 Å². The van der Waals surface area contributed by atoms with Crippen LogP contribution in [0.4, 0.5) is 0 Å². The van der Waals surface area contributed by atoms with Crippen molar-refractivity contribution in [1.82, 2.24) is 0 Å². The summed E-state index contributed by atoms with van der Waals surface area (Å²) in [5.41, 5.74) is 0. The first-order valence-electron chi connectivity index (χ1n) is 14.5. The Labute approximate surface area is 207 Å². The van der Waals surface area contributed by atoms with Crippen molar-refractivity contribution in [2.75, 3.05) is 0 Å². The van der Waals surface area contributed by atoms with Gasteiger partial charge in [0.2, 0.25) is 0 Å². The van der Waals surface area contributed by atoms with E-state index in [-0.39, 0.29) is 11.2 Å². The third-order valence-electron chi connectivity index (χ3n) is 6.97. The molecule has 0 aromatic carbocycles. The van der Waals surface area contributed by atoms with Gasteiger partial charge in [-0.05, 0) is 12.8 Å². The van der Waals surface area contributed by atoms with Gasteiger partial charge in [-0.1, -0.05) is 155 Å². The molecule has 3 heteroatoms. The zero-order valence-corrected chi connectivity index (χ0v) is 22.9. The number of rotatable bonds is 26. The van der Waals surface area contributed by atoms with Gasteiger partial charge in [-0.15, -0.1) is 0 Å². The third-order valence-corrected chi connectivity index (χ3v) is 7.58. The molecule has 0 atom stereocenters. The summed E-state index contributed by atoms with van der Waals surface area (Å²) in [5.74, 6) is -0.689. The first-order valence-corrected chi connectivity index (χ1v) is 14.9. The topological polar surface area (TPSA) is 37.3 Å². The van der Waals surface area contributed by atoms with E-state index in [1.54, 1.807) is 0 Å². The maximum atomic E-state index is 11.4. The van der Waals surface area contributed by atoms with Gasteiger partial charge in [0.1, 0.15) is 0 Å². The van der Waals surface area contributed by atoms with Crippen LogP contribution in [-0.4, -0.2) is 15.8 Å². The first-order chi connectivity index (χ1) is 15.5. The van der Waals surface area contributed by atoms with Gasteiger partial charge in [0.25, 0.3) is 0 Å². The predicted octanol–water partition coefficient (Wildman–Crippen LogP) is 10.5. The van der Waals surface area contributed by atoms with Gasteiger partial charge in [0.15, 0.2) is 0 Å². The van der Waals surface area contributed by atoms with E-state index in [2.05, 4.69) is 13.8 Å². The molecule has 0 radical (unpaired) electrons. The average molecular weight is 471 g/mol. The molecule has 0 aliphatic heterocycles. The van der Waals surface area contributed by atoms with Crippen LogP contribution >= 0.6 is 12.6 Å². The Hall–Kier alpha value is -0.180. The Morgan fingerprint density at radius 3 is 1.03 bits per heavy atom. The Balaban J connectivity index is 3.73. The fraction of sp³-hybridized carbons (Fsp3) is 0.966. The number of hydrogen-bond donors (Lipinski definition) is 2. The average Bonchev–Trinajstić information content (AvgIpc) is 2.75. The maximum Gasteiger partial charge on any atom is 0.304 e. The van der Waals surface area contributed by atoms with E-state index in [4.69, 9.17) is 12.6 Å². The monoisotopic (exact) mass is 470 g/mol. The van der Waals surface area contributed by atoms with Crippen LogP contribution in [0.1, 0.15) is 174 Å². The molecular formula is C29H58O2S. The number of unbranched alkanes of at least 4 members (excludes halogenated alkanes) is 20. The Morgan fingerprint density at radius 2 is 0.781 bits per heavy atom. The van der Waals surface area contributed by atoms with Gasteiger partial charge in [-0.25, -0.2) is 0 Å². The molecule has 0 rings (SSSR count). The summed E-state index contributed by atoms with van der Waals surface area (Å²) in [7, 11) is 0. The van der Waals surface area contributed by atoms with E-state index in [1.807, 2.05) is 0 Å². The second-order valence-corrected chi connectivity index (χ2v) is 11.3. The van der Waals surface area contributed by atoms with Gasteiger partial charge in [-0.2, -0.15) is 12.6 Å². The molecule has 0 aromatic rings. The second kappa shape index (κ2) is 24.0. The van der Waals surface area contributed by atoms with Crippen molar-refractivity contribution in [3.8, 4) is 0 Å². The maximum absolute atomic E-state index is 11.4. The highest BCUT2D eigenvalue weighted by atomic mass is 32.1. The number of hydrogen-bond acceptors (Lipinski definition) is 2. The summed E-state index contributed by atoms with van der Waals surface area (Å²) in [4.78, 5) is 11.4. The van der Waals surface area contributed by atoms with Crippen LogP contribution < -0.4 is 0 Å². The van der Waals surface area contributed by atoms with Crippen molar-refractivity contribution in [2.45, 2.75) is 179 Å². The molecule has 0 aromatic heterocycles. The molecule has 0 bridgehead atoms. The zero-order chi connectivity index (χ0) is 23.8. The molecule has 0 unspecified atom stereocenters. The van der Waals surface area contributed by atoms with Crippen LogP contribution in [0.2, 0.25) is 0 Å². The van der Waals surface area contributed by atoms with Crippen LogP contribution in [0.3, 0.4) is 0 Å². The van der Waals surface area contributed by atoms with Crippen LogP contribution in [0.15, 0.2) is 0 Å². The van der Waals surface area contributed by atoms with Crippen molar-refractivity contribution in [3.63, 3.8) is 0 Å². The van der Waals surface area contributed by atoms with E-state index in [0.29, 0.717) is 0 Å². The van der Waals surface area contributed by atoms with Gasteiger partial charge in [0.05, 0.1) is 6.42 Å². The molecule has 0 fully saturated rings. The molecule has 0 saturated carbocycles. The molecule has 0 spiro atoms. The molecule has 0 aliphatic rings. The minimum Gasteiger partial charge on any atom is -0.481 e. The van der Waals surface area contributed by atoms with Gasteiger partial charge < -0.3 is 5.11 Å². The molecule has 0 amide bonds. The molecule has 0 heterocycles. The van der Waals surface area contributed by atoms with Crippen LogP contribution in [-0.2, 0) is 4.79 Å². The fourth-order valence-corrected chi connectivity index (χ4v) is 5.27. The second-order valence-electron chi connectivity index (χ2n) is 10.4. The standard InChI is InChI=1S/C29H58O2S/c1-3-5-7-9-11-13-15-17-19-21-23-25-29(32,27-28(30)31)26-24-22-20-18-16-14-12-10-8-6-4-2/h32H,3-27H2,1-2H3,(H,30,31). The summed E-state index contributed by atoms with van der Waals surface area (Å²) < 4.78 is -0.301. The lowest BCUT2D eigenvalue weighted by atomic mass is 9.90. The molecule has 1 N–H and O–H groups in total. The largest absolute Gasteiger partial charge is 0.481 e. The minimum atomic E-state index is -0.689. The van der Waals surface area contributed by atoms with E-state index < -0.39 is 5.97 Å². The normalized spacial score (nSPS) is 11.8. The summed E-state index contributed by atoms with van der Waals surface area (Å²) in [6, 6.07) is 0. The quantitative estimate of drug-likeness (QED) is 0.0974. The summed E-state index contributed by atoms with van der Waals surface area (Å²) in [5, 5.41) is 9.35. The summed E-state index contributed by atoms with van der Waals surface area (Å²) in [6.45, 7) is 4.54. The predicted molar refractivity (Wildman–Crippen MR) is 146 cm³/mol. The SMILES string of the molecule is CCCCCCCCCCCCCC(S)(CCCCCCCCCCCCC)CC(=O)O. The lowest BCUT2D eigenvalue weighted by Crippen LogP contribution is -2.25. The number of carboxylic acid groups (broad SMARTS) is 1. The first kappa shape index (κ1) is 31.8. The molecule has 32 heavy (non-hydrogen) atoms. The van der Waals surface area contributed by atoms with Crippen molar-refractivity contribution in [2.24, 2.45) is 0 Å². The van der Waals surface area contributed by atoms with Crippen LogP contribution in [0, 0.1) is 0 Å². The summed E-state index contributed by atoms with van der Waals surface area (Å²) in [6.07, 6.45) is 31.5. The van der Waals surface area contributed by atoms with E-state index in [9.17, 15) is 9.90 Å². The number of thiol groups is 1. The number of carbonyl (C=O) groups is 1. The molecule has 0 saturated heterocycles. The number of aliphatic carboxylic acids is 1. The van der Waals surface area contributed by atoms with Crippen molar-refractivity contribution in [3.05, 3.63) is 0 Å². The van der Waals surface area contributed by atoms with E-state index in [1.165, 1.54) is 128 Å². The third kappa shape index (κ3) is 23.0. The highest BCUT2D eigenvalue weighted by Gasteiger charge is 2.27. The zero-order valence-electron chi connectivity index (χ0n) is 22.0. The fourth-order valence-electron chi connectivity index (χ4n) is 4.82. The lowest BCUT2D eigenvalue weighted by molar-refractivity contribution is -0.137. The highest BCUT2D eigenvalue weighted by molar-refractivity contribution is 7.81. The van der Waals surface area contributed by atoms with Crippen molar-refractivity contribution < 1.29 is 9.90 Å². The highest BCUT2D eigenvalue weighted by Crippen LogP contribution is 2.33. The van der Waals surface area contributed by atoms with Gasteiger partial charge >= 0.3 is 5.97 Å². The van der Waals surface area contributed by atoms with E-state index >= 15 is 0 Å². The van der Waals surface area contributed by atoms with Crippen LogP contribution in [0.25, 0.3) is 0 Å². The Morgan fingerprint density at radius 1 is 0.531 bits per heavy atom. The molecule has 2 nitrogen and oxygen atoms in total. The van der Waals surface area contributed by atoms with Crippen molar-refractivity contribution >= 4 is 18.6 Å². The van der Waals surface area contributed by atoms with E-state index in [0.717, 1.165) is 25.7 Å². The molecule has 0 aliphatic carbocycles. The van der Waals surface area contributed by atoms with Crippen molar-refractivity contribution in [1.29, 1.82) is 0 Å². The lowest BCUT2D eigenvalue weighted by Gasteiger charge is -2.27. The molecule has 192 valence electrons. The summed E-state index contributed by atoms with van der Waals surface area (Å²) >= 11 is 4.88.